The van der Waals surface area contributed by atoms with Crippen LogP contribution in [-0.2, 0) is 0 Å². The minimum absolute atomic E-state index is 0.663. The van der Waals surface area contributed by atoms with E-state index in [1.807, 2.05) is 66.3 Å². The molecular weight excluding hydrogens is 252 g/mol. The predicted octanol–water partition coefficient (Wildman–Crippen LogP) is 2.50. The van der Waals surface area contributed by atoms with Gasteiger partial charge in [-0.2, -0.15) is 4.98 Å². The molecule has 0 aliphatic carbocycles. The Balaban J connectivity index is 2.27. The summed E-state index contributed by atoms with van der Waals surface area (Å²) < 4.78 is 7.18. The average Bonchev–Trinajstić information content (AvgIpc) is 2.99. The number of aromatic nitrogens is 3. The second-order valence-electron chi connectivity index (χ2n) is 4.72. The fourth-order valence-corrected chi connectivity index (χ4v) is 2.13. The van der Waals surface area contributed by atoms with Gasteiger partial charge in [-0.1, -0.05) is 0 Å². The maximum Gasteiger partial charge on any atom is 0.236 e. The van der Waals surface area contributed by atoms with E-state index in [2.05, 4.69) is 9.97 Å². The van der Waals surface area contributed by atoms with Crippen molar-refractivity contribution in [2.24, 2.45) is 0 Å². The minimum atomic E-state index is 0.663. The molecule has 0 N–H and O–H groups in total. The van der Waals surface area contributed by atoms with E-state index in [4.69, 9.17) is 4.74 Å². The number of nitrogens with zero attached hydrogens (tertiary/aromatic N) is 4. The molecule has 5 heteroatoms. The zero-order valence-corrected chi connectivity index (χ0v) is 11.7. The monoisotopic (exact) mass is 268 g/mol. The summed E-state index contributed by atoms with van der Waals surface area (Å²) >= 11 is 0. The lowest BCUT2D eigenvalue weighted by molar-refractivity contribution is 0.415. The smallest absolute Gasteiger partial charge is 0.236 e. The van der Waals surface area contributed by atoms with Crippen LogP contribution in [0.2, 0.25) is 0 Å². The molecule has 0 amide bonds. The maximum atomic E-state index is 5.28. The molecule has 3 aromatic rings. The third-order valence-corrected chi connectivity index (χ3v) is 3.13. The van der Waals surface area contributed by atoms with Gasteiger partial charge in [0.15, 0.2) is 0 Å². The predicted molar refractivity (Wildman–Crippen MR) is 79.7 cm³/mol. The van der Waals surface area contributed by atoms with Crippen LogP contribution in [0, 0.1) is 0 Å². The topological polar surface area (TPSA) is 43.2 Å². The third kappa shape index (κ3) is 2.07. The largest absolute Gasteiger partial charge is 0.497 e. The molecule has 102 valence electrons. The molecule has 1 aromatic carbocycles. The van der Waals surface area contributed by atoms with E-state index in [0.717, 1.165) is 22.5 Å². The number of fused-ring (bicyclic) bond motifs is 1. The molecule has 0 saturated heterocycles. The van der Waals surface area contributed by atoms with Crippen LogP contribution in [0.25, 0.3) is 16.9 Å². The highest BCUT2D eigenvalue weighted by Gasteiger charge is 2.11. The van der Waals surface area contributed by atoms with Crippen molar-refractivity contribution in [3.8, 4) is 11.7 Å². The van der Waals surface area contributed by atoms with Gasteiger partial charge in [0.2, 0.25) is 5.95 Å². The summed E-state index contributed by atoms with van der Waals surface area (Å²) in [5.74, 6) is 2.34. The van der Waals surface area contributed by atoms with E-state index in [1.54, 1.807) is 7.11 Å². The van der Waals surface area contributed by atoms with Gasteiger partial charge < -0.3 is 9.64 Å². The van der Waals surface area contributed by atoms with Crippen molar-refractivity contribution < 1.29 is 4.74 Å². The molecule has 0 spiro atoms. The van der Waals surface area contributed by atoms with Crippen LogP contribution >= 0.6 is 0 Å². The van der Waals surface area contributed by atoms with Gasteiger partial charge in [-0.05, 0) is 30.3 Å². The normalized spacial score (nSPS) is 10.8. The first-order chi connectivity index (χ1) is 9.69. The summed E-state index contributed by atoms with van der Waals surface area (Å²) in [7, 11) is 5.60. The summed E-state index contributed by atoms with van der Waals surface area (Å²) in [5.41, 5.74) is 0.896. The molecule has 20 heavy (non-hydrogen) atoms. The van der Waals surface area contributed by atoms with Gasteiger partial charge in [0, 0.05) is 31.9 Å². The molecule has 0 radical (unpaired) electrons. The van der Waals surface area contributed by atoms with Crippen LogP contribution in [0.4, 0.5) is 5.82 Å². The Bertz CT molecular complexity index is 735. The van der Waals surface area contributed by atoms with Crippen LogP contribution in [-0.4, -0.2) is 35.7 Å². The van der Waals surface area contributed by atoms with Gasteiger partial charge in [-0.25, -0.2) is 4.98 Å². The van der Waals surface area contributed by atoms with Crippen molar-refractivity contribution in [2.75, 3.05) is 26.1 Å². The molecule has 0 bridgehead atoms. The molecule has 0 fully saturated rings. The summed E-state index contributed by atoms with van der Waals surface area (Å²) in [5, 5.41) is 0.977. The van der Waals surface area contributed by atoms with Crippen LogP contribution in [0.1, 0.15) is 0 Å². The number of rotatable bonds is 3. The Labute approximate surface area is 117 Å². The zero-order chi connectivity index (χ0) is 14.1. The second kappa shape index (κ2) is 4.85. The van der Waals surface area contributed by atoms with Crippen molar-refractivity contribution in [3.05, 3.63) is 42.7 Å². The number of benzene rings is 1. The van der Waals surface area contributed by atoms with Crippen molar-refractivity contribution in [2.45, 2.75) is 0 Å². The summed E-state index contributed by atoms with van der Waals surface area (Å²) in [6, 6.07) is 9.74. The molecule has 2 heterocycles. The Kier molecular flexibility index (Phi) is 3.02. The van der Waals surface area contributed by atoms with Gasteiger partial charge in [-0.3, -0.25) is 4.57 Å². The molecule has 0 saturated carbocycles. The van der Waals surface area contributed by atoms with E-state index in [0.29, 0.717) is 5.95 Å². The molecule has 3 rings (SSSR count). The molecule has 0 aliphatic heterocycles. The van der Waals surface area contributed by atoms with Gasteiger partial charge in [0.25, 0.3) is 0 Å². The van der Waals surface area contributed by atoms with E-state index in [9.17, 15) is 0 Å². The molecule has 5 nitrogen and oxygen atoms in total. The minimum Gasteiger partial charge on any atom is -0.497 e. The van der Waals surface area contributed by atoms with Crippen molar-refractivity contribution >= 4 is 16.7 Å². The standard InChI is InChI=1S/C15H16N4O/c1-18(2)14-12-10-11(20-3)6-7-13(12)16-15(17-14)19-8-4-5-9-19/h4-10H,1-3H3. The lowest BCUT2D eigenvalue weighted by Crippen LogP contribution is -2.13. The fourth-order valence-electron chi connectivity index (χ4n) is 2.13. The summed E-state index contributed by atoms with van der Waals surface area (Å²) in [6.07, 6.45) is 3.87. The number of methoxy groups -OCH3 is 1. The Morgan fingerprint density at radius 1 is 1.10 bits per heavy atom. The maximum absolute atomic E-state index is 5.28. The van der Waals surface area contributed by atoms with Crippen molar-refractivity contribution in [1.82, 2.24) is 14.5 Å². The number of anilines is 1. The molecular formula is C15H16N4O. The lowest BCUT2D eigenvalue weighted by atomic mass is 10.2. The highest BCUT2D eigenvalue weighted by atomic mass is 16.5. The molecule has 2 aromatic heterocycles. The highest BCUT2D eigenvalue weighted by molar-refractivity contribution is 5.91. The Morgan fingerprint density at radius 2 is 1.85 bits per heavy atom. The van der Waals surface area contributed by atoms with E-state index >= 15 is 0 Å². The van der Waals surface area contributed by atoms with Gasteiger partial charge in [0.1, 0.15) is 11.6 Å². The van der Waals surface area contributed by atoms with Gasteiger partial charge in [0.05, 0.1) is 12.6 Å². The highest BCUT2D eigenvalue weighted by Crippen LogP contribution is 2.27. The van der Waals surface area contributed by atoms with Crippen LogP contribution in [0.3, 0.4) is 0 Å². The zero-order valence-electron chi connectivity index (χ0n) is 11.7. The third-order valence-electron chi connectivity index (χ3n) is 3.13. The van der Waals surface area contributed by atoms with E-state index in [-0.39, 0.29) is 0 Å². The Hall–Kier alpha value is -2.56. The van der Waals surface area contributed by atoms with E-state index < -0.39 is 0 Å². The van der Waals surface area contributed by atoms with E-state index in [1.165, 1.54) is 0 Å². The first kappa shape index (κ1) is 12.5. The van der Waals surface area contributed by atoms with Crippen LogP contribution in [0.15, 0.2) is 42.7 Å². The first-order valence-corrected chi connectivity index (χ1v) is 6.35. The molecule has 0 atom stereocenters. The number of ether oxygens (including phenoxy) is 1. The molecule has 0 unspecified atom stereocenters. The molecule has 0 aliphatic rings. The van der Waals surface area contributed by atoms with Gasteiger partial charge in [-0.15, -0.1) is 0 Å². The Morgan fingerprint density at radius 3 is 2.50 bits per heavy atom. The second-order valence-corrected chi connectivity index (χ2v) is 4.72. The lowest BCUT2D eigenvalue weighted by Gasteiger charge is -2.16. The van der Waals surface area contributed by atoms with Crippen LogP contribution in [0.5, 0.6) is 5.75 Å². The van der Waals surface area contributed by atoms with Crippen LogP contribution < -0.4 is 9.64 Å². The quantitative estimate of drug-likeness (QED) is 0.732. The van der Waals surface area contributed by atoms with Crippen molar-refractivity contribution in [3.63, 3.8) is 0 Å². The van der Waals surface area contributed by atoms with Gasteiger partial charge >= 0.3 is 0 Å². The number of hydrogen-bond donors (Lipinski definition) is 0. The summed E-state index contributed by atoms with van der Waals surface area (Å²) in [4.78, 5) is 11.2. The SMILES string of the molecule is COc1ccc2nc(-n3cccc3)nc(N(C)C)c2c1. The van der Waals surface area contributed by atoms with Crippen molar-refractivity contribution in [1.29, 1.82) is 0 Å². The summed E-state index contributed by atoms with van der Waals surface area (Å²) in [6.45, 7) is 0. The average molecular weight is 268 g/mol. The first-order valence-electron chi connectivity index (χ1n) is 6.35. The number of hydrogen-bond acceptors (Lipinski definition) is 4. The fraction of sp³-hybridized carbons (Fsp3) is 0.200.